The Labute approximate surface area is 125 Å². The Morgan fingerprint density at radius 3 is 3.00 bits per heavy atom. The van der Waals surface area contributed by atoms with Crippen molar-refractivity contribution in [2.24, 2.45) is 5.73 Å². The molecule has 0 aliphatic carbocycles. The third kappa shape index (κ3) is 3.33. The van der Waals surface area contributed by atoms with Crippen LogP contribution < -0.4 is 10.5 Å². The average Bonchev–Trinajstić information content (AvgIpc) is 2.76. The number of thiocarbonyl (C=S) groups is 1. The van der Waals surface area contributed by atoms with Gasteiger partial charge in [0.15, 0.2) is 5.75 Å². The Balaban J connectivity index is 2.27. The highest BCUT2D eigenvalue weighted by Crippen LogP contribution is 2.30. The van der Waals surface area contributed by atoms with Crippen LogP contribution in [0.3, 0.4) is 0 Å². The first-order valence-electron chi connectivity index (χ1n) is 5.90. The molecule has 0 saturated carbocycles. The predicted octanol–water partition coefficient (Wildman–Crippen LogP) is 3.48. The lowest BCUT2D eigenvalue weighted by atomic mass is 10.2. The number of nitrogens with zero attached hydrogens (tertiary/aromatic N) is 2. The van der Waals surface area contributed by atoms with Crippen LogP contribution in [-0.2, 0) is 6.54 Å². The van der Waals surface area contributed by atoms with Gasteiger partial charge < -0.3 is 10.5 Å². The zero-order valence-electron chi connectivity index (χ0n) is 10.5. The summed E-state index contributed by atoms with van der Waals surface area (Å²) in [6, 6.07) is 5.58. The fourth-order valence-electron chi connectivity index (χ4n) is 1.70. The fourth-order valence-corrected chi connectivity index (χ4v) is 2.61. The Hall–Kier alpha value is -1.40. The van der Waals surface area contributed by atoms with Crippen molar-refractivity contribution < 1.29 is 4.74 Å². The van der Waals surface area contributed by atoms with E-state index in [1.54, 1.807) is 6.20 Å². The SMILES string of the molecule is CCCn1cc(Oc2cccc(Br)c2C(N)=S)cn1. The summed E-state index contributed by atoms with van der Waals surface area (Å²) >= 11 is 8.47. The lowest BCUT2D eigenvalue weighted by Crippen LogP contribution is -2.11. The number of hydrogen-bond acceptors (Lipinski definition) is 3. The topological polar surface area (TPSA) is 53.1 Å². The summed E-state index contributed by atoms with van der Waals surface area (Å²) in [6.07, 6.45) is 4.56. The van der Waals surface area contributed by atoms with E-state index in [0.29, 0.717) is 22.1 Å². The second-order valence-electron chi connectivity index (χ2n) is 4.02. The number of ether oxygens (including phenoxy) is 1. The average molecular weight is 340 g/mol. The molecule has 0 unspecified atom stereocenters. The minimum Gasteiger partial charge on any atom is -0.453 e. The second kappa shape index (κ2) is 6.16. The number of benzene rings is 1. The number of rotatable bonds is 5. The molecule has 0 amide bonds. The third-order valence-electron chi connectivity index (χ3n) is 2.51. The van der Waals surface area contributed by atoms with Gasteiger partial charge in [0.25, 0.3) is 0 Å². The van der Waals surface area contributed by atoms with Crippen LogP contribution in [0.5, 0.6) is 11.5 Å². The normalized spacial score (nSPS) is 10.4. The van der Waals surface area contributed by atoms with Gasteiger partial charge in [0.2, 0.25) is 0 Å². The fraction of sp³-hybridized carbons (Fsp3) is 0.231. The smallest absolute Gasteiger partial charge is 0.165 e. The molecule has 0 spiro atoms. The molecule has 0 saturated heterocycles. The van der Waals surface area contributed by atoms with Crippen LogP contribution in [0.15, 0.2) is 35.1 Å². The van der Waals surface area contributed by atoms with Crippen LogP contribution in [0.25, 0.3) is 0 Å². The molecule has 4 nitrogen and oxygen atoms in total. The van der Waals surface area contributed by atoms with Gasteiger partial charge in [0, 0.05) is 11.0 Å². The highest BCUT2D eigenvalue weighted by atomic mass is 79.9. The van der Waals surface area contributed by atoms with Gasteiger partial charge in [-0.1, -0.05) is 25.2 Å². The Bertz CT molecular complexity index is 597. The molecule has 2 N–H and O–H groups in total. The molecule has 2 rings (SSSR count). The monoisotopic (exact) mass is 339 g/mol. The Kier molecular flexibility index (Phi) is 4.55. The molecule has 1 aromatic heterocycles. The van der Waals surface area contributed by atoms with Crippen molar-refractivity contribution in [1.82, 2.24) is 9.78 Å². The summed E-state index contributed by atoms with van der Waals surface area (Å²) in [5.74, 6) is 1.29. The molecule has 100 valence electrons. The number of aryl methyl sites for hydroxylation is 1. The van der Waals surface area contributed by atoms with Gasteiger partial charge in [-0.3, -0.25) is 4.68 Å². The van der Waals surface area contributed by atoms with Crippen LogP contribution in [0.2, 0.25) is 0 Å². The molecular formula is C13H14BrN3OS. The maximum absolute atomic E-state index is 5.80. The molecular weight excluding hydrogens is 326 g/mol. The summed E-state index contributed by atoms with van der Waals surface area (Å²) in [5, 5.41) is 4.21. The maximum atomic E-state index is 5.80. The van der Waals surface area contributed by atoms with E-state index in [2.05, 4.69) is 28.0 Å². The van der Waals surface area contributed by atoms with Crippen molar-refractivity contribution >= 4 is 33.1 Å². The Morgan fingerprint density at radius 2 is 2.32 bits per heavy atom. The summed E-state index contributed by atoms with van der Waals surface area (Å²) in [4.78, 5) is 0.295. The highest BCUT2D eigenvalue weighted by molar-refractivity contribution is 9.10. The lowest BCUT2D eigenvalue weighted by molar-refractivity contribution is 0.479. The van der Waals surface area contributed by atoms with Crippen molar-refractivity contribution in [3.05, 3.63) is 40.6 Å². The second-order valence-corrected chi connectivity index (χ2v) is 5.31. The first-order chi connectivity index (χ1) is 9.11. The van der Waals surface area contributed by atoms with Gasteiger partial charge in [-0.15, -0.1) is 0 Å². The molecule has 1 aromatic carbocycles. The van der Waals surface area contributed by atoms with E-state index < -0.39 is 0 Å². The number of nitrogens with two attached hydrogens (primary N) is 1. The van der Waals surface area contributed by atoms with E-state index in [1.807, 2.05) is 29.1 Å². The van der Waals surface area contributed by atoms with Crippen LogP contribution in [-0.4, -0.2) is 14.8 Å². The summed E-state index contributed by atoms with van der Waals surface area (Å²) in [5.41, 5.74) is 6.42. The van der Waals surface area contributed by atoms with Crippen molar-refractivity contribution in [2.75, 3.05) is 0 Å². The molecule has 0 aliphatic rings. The zero-order chi connectivity index (χ0) is 13.8. The molecule has 1 heterocycles. The van der Waals surface area contributed by atoms with Crippen LogP contribution in [0.4, 0.5) is 0 Å². The molecule has 0 aliphatic heterocycles. The molecule has 0 radical (unpaired) electrons. The van der Waals surface area contributed by atoms with E-state index in [-0.39, 0.29) is 0 Å². The summed E-state index contributed by atoms with van der Waals surface area (Å²) in [7, 11) is 0. The van der Waals surface area contributed by atoms with Crippen LogP contribution in [0, 0.1) is 0 Å². The largest absolute Gasteiger partial charge is 0.453 e. The zero-order valence-corrected chi connectivity index (χ0v) is 12.9. The van der Waals surface area contributed by atoms with Gasteiger partial charge in [-0.2, -0.15) is 5.10 Å². The van der Waals surface area contributed by atoms with E-state index in [4.69, 9.17) is 22.7 Å². The third-order valence-corrected chi connectivity index (χ3v) is 3.38. The molecule has 19 heavy (non-hydrogen) atoms. The van der Waals surface area contributed by atoms with Gasteiger partial charge in [0.05, 0.1) is 18.0 Å². The first-order valence-corrected chi connectivity index (χ1v) is 7.10. The summed E-state index contributed by atoms with van der Waals surface area (Å²) in [6.45, 7) is 2.96. The highest BCUT2D eigenvalue weighted by Gasteiger charge is 2.12. The number of aromatic nitrogens is 2. The van der Waals surface area contributed by atoms with Gasteiger partial charge in [-0.25, -0.2) is 0 Å². The van der Waals surface area contributed by atoms with Crippen molar-refractivity contribution in [3.63, 3.8) is 0 Å². The lowest BCUT2D eigenvalue weighted by Gasteiger charge is -2.10. The van der Waals surface area contributed by atoms with E-state index in [9.17, 15) is 0 Å². The van der Waals surface area contributed by atoms with Crippen LogP contribution >= 0.6 is 28.1 Å². The molecule has 2 aromatic rings. The molecule has 6 heteroatoms. The number of halogens is 1. The number of hydrogen-bond donors (Lipinski definition) is 1. The minimum atomic E-state index is 0.295. The van der Waals surface area contributed by atoms with Crippen molar-refractivity contribution in [1.29, 1.82) is 0 Å². The van der Waals surface area contributed by atoms with Crippen molar-refractivity contribution in [3.8, 4) is 11.5 Å². The minimum absolute atomic E-state index is 0.295. The molecule has 0 fully saturated rings. The van der Waals surface area contributed by atoms with Gasteiger partial charge in [-0.05, 0) is 34.5 Å². The van der Waals surface area contributed by atoms with E-state index in [0.717, 1.165) is 17.4 Å². The standard InChI is InChI=1S/C13H14BrN3OS/c1-2-6-17-8-9(7-16-17)18-11-5-3-4-10(14)12(11)13(15)19/h3-5,7-8H,2,6H2,1H3,(H2,15,19). The first kappa shape index (κ1) is 14.0. The summed E-state index contributed by atoms with van der Waals surface area (Å²) < 4.78 is 8.46. The quantitative estimate of drug-likeness (QED) is 0.847. The Morgan fingerprint density at radius 1 is 1.53 bits per heavy atom. The molecule has 0 bridgehead atoms. The van der Waals surface area contributed by atoms with Crippen molar-refractivity contribution in [2.45, 2.75) is 19.9 Å². The van der Waals surface area contributed by atoms with E-state index >= 15 is 0 Å². The predicted molar refractivity (Wildman–Crippen MR) is 82.6 cm³/mol. The van der Waals surface area contributed by atoms with E-state index in [1.165, 1.54) is 0 Å². The molecule has 0 atom stereocenters. The van der Waals surface area contributed by atoms with Gasteiger partial charge >= 0.3 is 0 Å². The van der Waals surface area contributed by atoms with Gasteiger partial charge in [0.1, 0.15) is 10.7 Å². The maximum Gasteiger partial charge on any atom is 0.165 e. The van der Waals surface area contributed by atoms with Crippen LogP contribution in [0.1, 0.15) is 18.9 Å².